The van der Waals surface area contributed by atoms with E-state index in [1.54, 1.807) is 36.4 Å². The first kappa shape index (κ1) is 18.1. The third-order valence-corrected chi connectivity index (χ3v) is 3.73. The van der Waals surface area contributed by atoms with E-state index in [0.717, 1.165) is 0 Å². The second-order valence-corrected chi connectivity index (χ2v) is 5.70. The van der Waals surface area contributed by atoms with Gasteiger partial charge >= 0.3 is 5.97 Å². The summed E-state index contributed by atoms with van der Waals surface area (Å²) in [5.74, 6) is -0.817. The molecule has 0 aliphatic heterocycles. The number of halogens is 2. The lowest BCUT2D eigenvalue weighted by Gasteiger charge is -2.15. The summed E-state index contributed by atoms with van der Waals surface area (Å²) in [7, 11) is 1.45. The lowest BCUT2D eigenvalue weighted by atomic mass is 10.2. The van der Waals surface area contributed by atoms with Crippen molar-refractivity contribution in [1.82, 2.24) is 0 Å². The number of carbonyl (C=O) groups is 2. The average molecular weight is 368 g/mol. The summed E-state index contributed by atoms with van der Waals surface area (Å²) in [6.45, 7) is 1.46. The Morgan fingerprint density at radius 3 is 2.54 bits per heavy atom. The molecule has 2 rings (SSSR count). The second-order valence-electron chi connectivity index (χ2n) is 4.86. The van der Waals surface area contributed by atoms with Crippen molar-refractivity contribution in [1.29, 1.82) is 0 Å². The van der Waals surface area contributed by atoms with E-state index in [0.29, 0.717) is 21.5 Å². The minimum Gasteiger partial charge on any atom is -0.496 e. The van der Waals surface area contributed by atoms with E-state index in [9.17, 15) is 9.59 Å². The van der Waals surface area contributed by atoms with Gasteiger partial charge in [0.05, 0.1) is 17.8 Å². The van der Waals surface area contributed by atoms with E-state index in [1.807, 2.05) is 0 Å². The molecule has 126 valence electrons. The Morgan fingerprint density at radius 2 is 1.83 bits per heavy atom. The van der Waals surface area contributed by atoms with Gasteiger partial charge in [-0.1, -0.05) is 35.3 Å². The molecule has 0 spiro atoms. The van der Waals surface area contributed by atoms with Gasteiger partial charge in [-0.05, 0) is 37.3 Å². The third-order valence-electron chi connectivity index (χ3n) is 3.17. The minimum atomic E-state index is -1.03. The van der Waals surface area contributed by atoms with Gasteiger partial charge in [-0.25, -0.2) is 4.79 Å². The molecule has 0 saturated heterocycles. The highest BCUT2D eigenvalue weighted by Crippen LogP contribution is 2.26. The van der Waals surface area contributed by atoms with Gasteiger partial charge in [0.25, 0.3) is 5.91 Å². The zero-order chi connectivity index (χ0) is 17.7. The number of carbonyl (C=O) groups excluding carboxylic acids is 2. The summed E-state index contributed by atoms with van der Waals surface area (Å²) in [6, 6.07) is 11.3. The fourth-order valence-electron chi connectivity index (χ4n) is 1.92. The number of methoxy groups -OCH3 is 1. The van der Waals surface area contributed by atoms with Crippen LogP contribution >= 0.6 is 23.2 Å². The first-order chi connectivity index (χ1) is 11.4. The zero-order valence-corrected chi connectivity index (χ0v) is 14.5. The van der Waals surface area contributed by atoms with E-state index in [4.69, 9.17) is 32.7 Å². The van der Waals surface area contributed by atoms with Crippen LogP contribution in [0.5, 0.6) is 5.75 Å². The van der Waals surface area contributed by atoms with Crippen LogP contribution in [0.1, 0.15) is 17.3 Å². The first-order valence-electron chi connectivity index (χ1n) is 7.02. The molecule has 1 amide bonds. The normalized spacial score (nSPS) is 11.5. The maximum atomic E-state index is 12.2. The molecule has 0 heterocycles. The summed E-state index contributed by atoms with van der Waals surface area (Å²) >= 11 is 11.9. The smallest absolute Gasteiger partial charge is 0.342 e. The molecule has 0 aliphatic carbocycles. The highest BCUT2D eigenvalue weighted by molar-refractivity contribution is 6.35. The molecule has 1 N–H and O–H groups in total. The maximum absolute atomic E-state index is 12.2. The average Bonchev–Trinajstić information content (AvgIpc) is 2.57. The van der Waals surface area contributed by atoms with Crippen LogP contribution in [0.15, 0.2) is 42.5 Å². The summed E-state index contributed by atoms with van der Waals surface area (Å²) < 4.78 is 10.3. The van der Waals surface area contributed by atoms with Gasteiger partial charge in [-0.15, -0.1) is 0 Å². The summed E-state index contributed by atoms with van der Waals surface area (Å²) in [6.07, 6.45) is -1.03. The molecular formula is C17H15Cl2NO4. The Morgan fingerprint density at radius 1 is 1.12 bits per heavy atom. The van der Waals surface area contributed by atoms with Crippen LogP contribution in [-0.2, 0) is 9.53 Å². The quantitative estimate of drug-likeness (QED) is 0.804. The second kappa shape index (κ2) is 8.04. The number of hydrogen-bond acceptors (Lipinski definition) is 4. The fourth-order valence-corrected chi connectivity index (χ4v) is 2.26. The molecule has 24 heavy (non-hydrogen) atoms. The molecule has 0 bridgehead atoms. The lowest BCUT2D eigenvalue weighted by Crippen LogP contribution is -2.30. The van der Waals surface area contributed by atoms with Gasteiger partial charge in [0.15, 0.2) is 6.10 Å². The molecule has 0 fully saturated rings. The van der Waals surface area contributed by atoms with Crippen molar-refractivity contribution in [2.75, 3.05) is 12.4 Å². The molecular weight excluding hydrogens is 353 g/mol. The van der Waals surface area contributed by atoms with E-state index in [-0.39, 0.29) is 5.56 Å². The number of benzene rings is 2. The molecule has 0 saturated carbocycles. The van der Waals surface area contributed by atoms with Crippen molar-refractivity contribution in [3.05, 3.63) is 58.1 Å². The van der Waals surface area contributed by atoms with Crippen LogP contribution in [0.25, 0.3) is 0 Å². The van der Waals surface area contributed by atoms with Gasteiger partial charge in [0, 0.05) is 5.02 Å². The third kappa shape index (κ3) is 4.40. The van der Waals surface area contributed by atoms with Crippen molar-refractivity contribution in [2.24, 2.45) is 0 Å². The lowest BCUT2D eigenvalue weighted by molar-refractivity contribution is -0.123. The van der Waals surface area contributed by atoms with E-state index in [2.05, 4.69) is 5.32 Å². The number of amides is 1. The van der Waals surface area contributed by atoms with Crippen molar-refractivity contribution < 1.29 is 19.1 Å². The summed E-state index contributed by atoms with van der Waals surface area (Å²) in [5, 5.41) is 3.33. The number of anilines is 1. The minimum absolute atomic E-state index is 0.237. The summed E-state index contributed by atoms with van der Waals surface area (Å²) in [4.78, 5) is 24.4. The SMILES string of the molecule is COc1ccccc1C(=O)OC(C)C(=O)Nc1cc(Cl)ccc1Cl. The predicted molar refractivity (Wildman–Crippen MR) is 93.0 cm³/mol. The molecule has 0 aromatic heterocycles. The van der Waals surface area contributed by atoms with Gasteiger partial charge in [0.1, 0.15) is 11.3 Å². The van der Waals surface area contributed by atoms with Crippen molar-refractivity contribution in [3.63, 3.8) is 0 Å². The molecule has 2 aromatic rings. The van der Waals surface area contributed by atoms with Crippen LogP contribution in [0.3, 0.4) is 0 Å². The largest absolute Gasteiger partial charge is 0.496 e. The fraction of sp³-hybridized carbons (Fsp3) is 0.176. The number of nitrogens with one attached hydrogen (secondary N) is 1. The Hall–Kier alpha value is -2.24. The number of ether oxygens (including phenoxy) is 2. The van der Waals surface area contributed by atoms with Gasteiger partial charge in [-0.3, -0.25) is 4.79 Å². The Bertz CT molecular complexity index is 764. The van der Waals surface area contributed by atoms with Crippen LogP contribution in [0.4, 0.5) is 5.69 Å². The number of rotatable bonds is 5. The van der Waals surface area contributed by atoms with Crippen LogP contribution in [-0.4, -0.2) is 25.1 Å². The molecule has 0 radical (unpaired) electrons. The molecule has 5 nitrogen and oxygen atoms in total. The standard InChI is InChI=1S/C17H15Cl2NO4/c1-10(16(21)20-14-9-11(18)7-8-13(14)19)24-17(22)12-5-3-4-6-15(12)23-2/h3-10H,1-2H3,(H,20,21). The van der Waals surface area contributed by atoms with Crippen molar-refractivity contribution >= 4 is 40.8 Å². The van der Waals surface area contributed by atoms with E-state index < -0.39 is 18.0 Å². The van der Waals surface area contributed by atoms with Crippen LogP contribution in [0, 0.1) is 0 Å². The highest BCUT2D eigenvalue weighted by atomic mass is 35.5. The van der Waals surface area contributed by atoms with Gasteiger partial charge in [0.2, 0.25) is 0 Å². The number of para-hydroxylation sites is 1. The van der Waals surface area contributed by atoms with Gasteiger partial charge in [-0.2, -0.15) is 0 Å². The summed E-state index contributed by atoms with van der Waals surface area (Å²) in [5.41, 5.74) is 0.579. The van der Waals surface area contributed by atoms with Gasteiger partial charge < -0.3 is 14.8 Å². The zero-order valence-electron chi connectivity index (χ0n) is 13.0. The highest BCUT2D eigenvalue weighted by Gasteiger charge is 2.21. The first-order valence-corrected chi connectivity index (χ1v) is 7.78. The molecule has 0 aliphatic rings. The van der Waals surface area contributed by atoms with E-state index >= 15 is 0 Å². The Balaban J connectivity index is 2.06. The van der Waals surface area contributed by atoms with Crippen LogP contribution < -0.4 is 10.1 Å². The number of esters is 1. The van der Waals surface area contributed by atoms with Crippen LogP contribution in [0.2, 0.25) is 10.0 Å². The molecule has 1 unspecified atom stereocenters. The topological polar surface area (TPSA) is 64.6 Å². The maximum Gasteiger partial charge on any atom is 0.342 e. The molecule has 2 aromatic carbocycles. The van der Waals surface area contributed by atoms with Crippen molar-refractivity contribution in [2.45, 2.75) is 13.0 Å². The Labute approximate surface area is 149 Å². The van der Waals surface area contributed by atoms with Crippen molar-refractivity contribution in [3.8, 4) is 5.75 Å². The Kier molecular flexibility index (Phi) is 6.06. The van der Waals surface area contributed by atoms with E-state index in [1.165, 1.54) is 20.1 Å². The number of hydrogen-bond donors (Lipinski definition) is 1. The monoisotopic (exact) mass is 367 g/mol. The molecule has 1 atom stereocenters. The molecule has 7 heteroatoms. The predicted octanol–water partition coefficient (Wildman–Crippen LogP) is 4.19.